The van der Waals surface area contributed by atoms with E-state index < -0.39 is 12.1 Å². The van der Waals surface area contributed by atoms with Crippen LogP contribution in [0.15, 0.2) is 54.6 Å². The topological polar surface area (TPSA) is 65.1 Å². The van der Waals surface area contributed by atoms with E-state index >= 15 is 0 Å². The Hall–Kier alpha value is -3.28. The van der Waals surface area contributed by atoms with Crippen LogP contribution in [-0.4, -0.2) is 44.1 Å². The zero-order valence-electron chi connectivity index (χ0n) is 17.4. The molecule has 6 heteroatoms. The van der Waals surface area contributed by atoms with Crippen molar-refractivity contribution in [2.45, 2.75) is 25.4 Å². The molecular formula is C24H27NO5. The number of ether oxygens (including phenoxy) is 3. The molecule has 2 aromatic rings. The van der Waals surface area contributed by atoms with Crippen LogP contribution < -0.4 is 9.47 Å². The van der Waals surface area contributed by atoms with Crippen molar-refractivity contribution in [3.05, 3.63) is 65.7 Å². The minimum atomic E-state index is -0.964. The Morgan fingerprint density at radius 3 is 2.33 bits per heavy atom. The molecule has 0 radical (unpaired) electrons. The summed E-state index contributed by atoms with van der Waals surface area (Å²) < 4.78 is 16.3. The van der Waals surface area contributed by atoms with E-state index in [4.69, 9.17) is 14.2 Å². The van der Waals surface area contributed by atoms with E-state index in [-0.39, 0.29) is 5.91 Å². The summed E-state index contributed by atoms with van der Waals surface area (Å²) in [7, 11) is 3.09. The molecule has 1 aliphatic rings. The number of carbonyl (C=O) groups excluding carboxylic acids is 2. The van der Waals surface area contributed by atoms with Gasteiger partial charge in [-0.15, -0.1) is 0 Å². The molecule has 30 heavy (non-hydrogen) atoms. The zero-order valence-corrected chi connectivity index (χ0v) is 17.4. The Balaban J connectivity index is 1.78. The van der Waals surface area contributed by atoms with Gasteiger partial charge in [-0.1, -0.05) is 42.5 Å². The Kier molecular flexibility index (Phi) is 7.49. The summed E-state index contributed by atoms with van der Waals surface area (Å²) in [5, 5.41) is 0. The number of para-hydroxylation sites is 1. The standard InChI is InChI=1S/C24H27NO5/c1-28-20-13-9-12-19(22(20)29-2)14-15-21(26)30-23(18-10-5-3-6-11-18)24(27)25-16-7-4-8-17-25/h3,5-6,9-15,23H,4,7-8,16-17H2,1-2H3/b15-14+/t23-/m1/s1. The van der Waals surface area contributed by atoms with Gasteiger partial charge in [0.05, 0.1) is 14.2 Å². The first-order valence-electron chi connectivity index (χ1n) is 10.1. The SMILES string of the molecule is COc1cccc(/C=C/C(=O)O[C@@H](C(=O)N2CCCCC2)c2ccccc2)c1OC. The molecule has 0 N–H and O–H groups in total. The van der Waals surface area contributed by atoms with Gasteiger partial charge in [0.1, 0.15) is 0 Å². The predicted molar refractivity (Wildman–Crippen MR) is 114 cm³/mol. The van der Waals surface area contributed by atoms with Crippen LogP contribution in [-0.2, 0) is 14.3 Å². The first-order valence-corrected chi connectivity index (χ1v) is 10.1. The highest BCUT2D eigenvalue weighted by Crippen LogP contribution is 2.31. The molecule has 1 atom stereocenters. The molecule has 0 aliphatic carbocycles. The fourth-order valence-electron chi connectivity index (χ4n) is 3.53. The molecule has 0 saturated carbocycles. The normalized spacial score (nSPS) is 14.9. The quantitative estimate of drug-likeness (QED) is 0.511. The maximum atomic E-state index is 13.1. The van der Waals surface area contributed by atoms with Crippen molar-refractivity contribution in [2.75, 3.05) is 27.3 Å². The summed E-state index contributed by atoms with van der Waals surface area (Å²) in [6, 6.07) is 14.5. The second-order valence-electron chi connectivity index (χ2n) is 7.03. The highest BCUT2D eigenvalue weighted by Gasteiger charge is 2.29. The molecule has 1 amide bonds. The minimum absolute atomic E-state index is 0.179. The van der Waals surface area contributed by atoms with Crippen molar-refractivity contribution in [3.8, 4) is 11.5 Å². The fourth-order valence-corrected chi connectivity index (χ4v) is 3.53. The van der Waals surface area contributed by atoms with Gasteiger partial charge in [0, 0.05) is 30.3 Å². The Morgan fingerprint density at radius 2 is 1.67 bits per heavy atom. The number of methoxy groups -OCH3 is 2. The van der Waals surface area contributed by atoms with Crippen molar-refractivity contribution in [2.24, 2.45) is 0 Å². The molecule has 158 valence electrons. The summed E-state index contributed by atoms with van der Waals surface area (Å²) >= 11 is 0. The van der Waals surface area contributed by atoms with E-state index in [0.29, 0.717) is 35.7 Å². The van der Waals surface area contributed by atoms with Crippen LogP contribution in [0.25, 0.3) is 6.08 Å². The molecule has 1 heterocycles. The number of amides is 1. The monoisotopic (exact) mass is 409 g/mol. The molecule has 3 rings (SSSR count). The molecule has 2 aromatic carbocycles. The second-order valence-corrected chi connectivity index (χ2v) is 7.03. The number of likely N-dealkylation sites (tertiary alicyclic amines) is 1. The largest absolute Gasteiger partial charge is 0.493 e. The first kappa shape index (κ1) is 21.4. The van der Waals surface area contributed by atoms with E-state index in [0.717, 1.165) is 19.3 Å². The van der Waals surface area contributed by atoms with Gasteiger partial charge >= 0.3 is 5.97 Å². The number of hydrogen-bond donors (Lipinski definition) is 0. The fraction of sp³-hybridized carbons (Fsp3) is 0.333. The summed E-state index contributed by atoms with van der Waals surface area (Å²) in [4.78, 5) is 27.5. The number of rotatable bonds is 7. The third-order valence-electron chi connectivity index (χ3n) is 5.06. The van der Waals surface area contributed by atoms with Gasteiger partial charge in [-0.25, -0.2) is 4.79 Å². The maximum Gasteiger partial charge on any atom is 0.331 e. The van der Waals surface area contributed by atoms with Crippen LogP contribution in [0.1, 0.15) is 36.5 Å². The predicted octanol–water partition coefficient (Wildman–Crippen LogP) is 4.01. The smallest absolute Gasteiger partial charge is 0.331 e. The Labute approximate surface area is 177 Å². The third-order valence-corrected chi connectivity index (χ3v) is 5.06. The third kappa shape index (κ3) is 5.20. The number of carbonyl (C=O) groups is 2. The van der Waals surface area contributed by atoms with Crippen molar-refractivity contribution >= 4 is 18.0 Å². The van der Waals surface area contributed by atoms with Crippen LogP contribution in [0.3, 0.4) is 0 Å². The lowest BCUT2D eigenvalue weighted by molar-refractivity contribution is -0.157. The van der Waals surface area contributed by atoms with Gasteiger partial charge in [-0.05, 0) is 31.4 Å². The number of benzene rings is 2. The Bertz CT molecular complexity index is 888. The highest BCUT2D eigenvalue weighted by atomic mass is 16.5. The van der Waals surface area contributed by atoms with Gasteiger partial charge in [0.2, 0.25) is 6.10 Å². The summed E-state index contributed by atoms with van der Waals surface area (Å²) in [5.74, 6) is 0.309. The van der Waals surface area contributed by atoms with Crippen LogP contribution in [0.4, 0.5) is 0 Å². The van der Waals surface area contributed by atoms with Gasteiger partial charge in [0.15, 0.2) is 11.5 Å². The molecule has 0 spiro atoms. The number of esters is 1. The lowest BCUT2D eigenvalue weighted by Crippen LogP contribution is -2.40. The average Bonchev–Trinajstić information content (AvgIpc) is 2.81. The number of hydrogen-bond acceptors (Lipinski definition) is 5. The highest BCUT2D eigenvalue weighted by molar-refractivity contribution is 5.91. The summed E-state index contributed by atoms with van der Waals surface area (Å²) in [6.45, 7) is 1.38. The second kappa shape index (κ2) is 10.5. The van der Waals surface area contributed by atoms with Crippen molar-refractivity contribution in [1.29, 1.82) is 0 Å². The molecule has 0 unspecified atom stereocenters. The summed E-state index contributed by atoms with van der Waals surface area (Å²) in [5.41, 5.74) is 1.33. The first-order chi connectivity index (χ1) is 14.6. The molecule has 1 aliphatic heterocycles. The van der Waals surface area contributed by atoms with Gasteiger partial charge in [-0.2, -0.15) is 0 Å². The Morgan fingerprint density at radius 1 is 0.933 bits per heavy atom. The minimum Gasteiger partial charge on any atom is -0.493 e. The van der Waals surface area contributed by atoms with Crippen LogP contribution in [0.2, 0.25) is 0 Å². The van der Waals surface area contributed by atoms with Gasteiger partial charge in [-0.3, -0.25) is 4.79 Å². The van der Waals surface area contributed by atoms with Crippen LogP contribution >= 0.6 is 0 Å². The molecule has 0 aromatic heterocycles. The molecule has 0 bridgehead atoms. The van der Waals surface area contributed by atoms with E-state index in [1.165, 1.54) is 13.2 Å². The van der Waals surface area contributed by atoms with Crippen molar-refractivity contribution in [1.82, 2.24) is 4.90 Å². The van der Waals surface area contributed by atoms with E-state index in [1.54, 1.807) is 48.4 Å². The van der Waals surface area contributed by atoms with E-state index in [2.05, 4.69) is 0 Å². The lowest BCUT2D eigenvalue weighted by Gasteiger charge is -2.30. The van der Waals surface area contributed by atoms with Crippen LogP contribution in [0.5, 0.6) is 11.5 Å². The molecular weight excluding hydrogens is 382 g/mol. The van der Waals surface area contributed by atoms with Crippen LogP contribution in [0, 0.1) is 0 Å². The van der Waals surface area contributed by atoms with E-state index in [9.17, 15) is 9.59 Å². The van der Waals surface area contributed by atoms with Crippen molar-refractivity contribution in [3.63, 3.8) is 0 Å². The van der Waals surface area contributed by atoms with Gasteiger partial charge < -0.3 is 19.1 Å². The average molecular weight is 409 g/mol. The van der Waals surface area contributed by atoms with Crippen molar-refractivity contribution < 1.29 is 23.8 Å². The number of piperidine rings is 1. The number of nitrogens with zero attached hydrogens (tertiary/aromatic N) is 1. The van der Waals surface area contributed by atoms with Gasteiger partial charge in [0.25, 0.3) is 5.91 Å². The zero-order chi connectivity index (χ0) is 21.3. The maximum absolute atomic E-state index is 13.1. The molecule has 1 fully saturated rings. The summed E-state index contributed by atoms with van der Waals surface area (Å²) in [6.07, 6.45) is 4.99. The molecule has 1 saturated heterocycles. The lowest BCUT2D eigenvalue weighted by atomic mass is 10.1. The van der Waals surface area contributed by atoms with E-state index in [1.807, 2.05) is 18.2 Å². The molecule has 6 nitrogen and oxygen atoms in total.